The van der Waals surface area contributed by atoms with Crippen molar-refractivity contribution in [1.82, 2.24) is 0 Å². The zero-order chi connectivity index (χ0) is 40.7. The van der Waals surface area contributed by atoms with Gasteiger partial charge in [0.05, 0.1) is 0 Å². The van der Waals surface area contributed by atoms with Crippen molar-refractivity contribution in [3.05, 3.63) is 231 Å². The van der Waals surface area contributed by atoms with Gasteiger partial charge in [-0.1, -0.05) is 200 Å². The summed E-state index contributed by atoms with van der Waals surface area (Å²) in [5, 5.41) is 17.9. The van der Waals surface area contributed by atoms with E-state index < -0.39 is 0 Å². The Morgan fingerprint density at radius 2 is 0.645 bits per heavy atom. The average molecular weight is 783 g/mol. The number of fused-ring (bicyclic) bond motifs is 5. The summed E-state index contributed by atoms with van der Waals surface area (Å²) in [6.07, 6.45) is 0. The molecule has 0 atom stereocenters. The van der Waals surface area contributed by atoms with E-state index in [1.807, 2.05) is 0 Å². The van der Waals surface area contributed by atoms with Crippen molar-refractivity contribution >= 4 is 75.4 Å². The van der Waals surface area contributed by atoms with E-state index in [9.17, 15) is 0 Å². The minimum absolute atomic E-state index is 1.19. The van der Waals surface area contributed by atoms with Gasteiger partial charge in [-0.2, -0.15) is 0 Å². The second kappa shape index (κ2) is 13.7. The predicted octanol–water partition coefficient (Wildman–Crippen LogP) is 17.5. The molecule has 0 bridgehead atoms. The fourth-order valence-electron chi connectivity index (χ4n) is 10.6. The highest BCUT2D eigenvalue weighted by Crippen LogP contribution is 2.47. The molecule has 0 heterocycles. The van der Waals surface area contributed by atoms with Crippen molar-refractivity contribution in [3.8, 4) is 55.6 Å². The van der Waals surface area contributed by atoms with E-state index in [0.717, 1.165) is 0 Å². The molecule has 0 saturated heterocycles. The quantitative estimate of drug-likeness (QED) is 0.120. The molecule has 13 rings (SSSR count). The van der Waals surface area contributed by atoms with E-state index in [4.69, 9.17) is 0 Å². The summed E-state index contributed by atoms with van der Waals surface area (Å²) in [6.45, 7) is 0. The zero-order valence-electron chi connectivity index (χ0n) is 33.9. The maximum Gasteiger partial charge on any atom is -0.00206 e. The van der Waals surface area contributed by atoms with E-state index >= 15 is 0 Å². The molecule has 0 fully saturated rings. The van der Waals surface area contributed by atoms with Gasteiger partial charge >= 0.3 is 0 Å². The number of hydrogen-bond donors (Lipinski definition) is 0. The first-order valence-corrected chi connectivity index (χ1v) is 21.6. The third-order valence-corrected chi connectivity index (χ3v) is 13.3. The molecule has 0 nitrogen and oxygen atoms in total. The Hall–Kier alpha value is -8.06. The standard InChI is InChI=1S/C62H38/c1-2-14-39(15-3-1)60-53-24-8-10-26-55(53)61(56-27-11-9-25-54(56)60)48-36-46(35-47(37-48)50-32-30-42-29-28-40-17-12-18-41-31-33-57(50)62(42)59(40)41)43-19-13-20-44(34-43)58-38-45-16-4-5-21-49(45)51-22-6-7-23-52(51)58/h1-38H. The Balaban J connectivity index is 1.11. The molecule has 286 valence electrons. The maximum absolute atomic E-state index is 2.45. The summed E-state index contributed by atoms with van der Waals surface area (Å²) in [7, 11) is 0. The van der Waals surface area contributed by atoms with E-state index in [2.05, 4.69) is 231 Å². The van der Waals surface area contributed by atoms with Gasteiger partial charge in [0.1, 0.15) is 0 Å². The fraction of sp³-hybridized carbons (Fsp3) is 0. The molecule has 0 amide bonds. The molecule has 0 aliphatic heterocycles. The summed E-state index contributed by atoms with van der Waals surface area (Å²) in [5.74, 6) is 0. The average Bonchev–Trinajstić information content (AvgIpc) is 3.34. The van der Waals surface area contributed by atoms with Crippen molar-refractivity contribution in [2.45, 2.75) is 0 Å². The van der Waals surface area contributed by atoms with Crippen LogP contribution >= 0.6 is 0 Å². The first-order chi connectivity index (χ1) is 30.7. The number of hydrogen-bond acceptors (Lipinski definition) is 0. The fourth-order valence-corrected chi connectivity index (χ4v) is 10.6. The van der Waals surface area contributed by atoms with Crippen molar-refractivity contribution in [2.24, 2.45) is 0 Å². The zero-order valence-corrected chi connectivity index (χ0v) is 33.9. The van der Waals surface area contributed by atoms with Gasteiger partial charge in [0.2, 0.25) is 0 Å². The topological polar surface area (TPSA) is 0 Å². The van der Waals surface area contributed by atoms with Crippen LogP contribution in [0.1, 0.15) is 0 Å². The molecule has 0 aromatic heterocycles. The lowest BCUT2D eigenvalue weighted by molar-refractivity contribution is 1.59. The van der Waals surface area contributed by atoms with Crippen LogP contribution in [0.4, 0.5) is 0 Å². The molecule has 0 heteroatoms. The Morgan fingerprint density at radius 1 is 0.177 bits per heavy atom. The second-order valence-electron chi connectivity index (χ2n) is 16.7. The molecule has 0 spiro atoms. The van der Waals surface area contributed by atoms with Crippen LogP contribution in [0.2, 0.25) is 0 Å². The number of benzene rings is 13. The molecule has 62 heavy (non-hydrogen) atoms. The molecular weight excluding hydrogens is 745 g/mol. The minimum Gasteiger partial charge on any atom is -0.0622 e. The predicted molar refractivity (Wildman–Crippen MR) is 267 cm³/mol. The highest BCUT2D eigenvalue weighted by molar-refractivity contribution is 6.26. The Labute approximate surface area is 359 Å². The summed E-state index contributed by atoms with van der Waals surface area (Å²) in [4.78, 5) is 0. The van der Waals surface area contributed by atoms with E-state index in [1.54, 1.807) is 0 Å². The van der Waals surface area contributed by atoms with Gasteiger partial charge in [0, 0.05) is 0 Å². The van der Waals surface area contributed by atoms with Gasteiger partial charge in [-0.05, 0) is 161 Å². The maximum atomic E-state index is 2.45. The third-order valence-electron chi connectivity index (χ3n) is 13.3. The van der Waals surface area contributed by atoms with Gasteiger partial charge in [0.25, 0.3) is 0 Å². The van der Waals surface area contributed by atoms with Gasteiger partial charge in [-0.15, -0.1) is 0 Å². The van der Waals surface area contributed by atoms with Crippen molar-refractivity contribution < 1.29 is 0 Å². The summed E-state index contributed by atoms with van der Waals surface area (Å²) < 4.78 is 0. The van der Waals surface area contributed by atoms with Crippen LogP contribution in [0.3, 0.4) is 0 Å². The van der Waals surface area contributed by atoms with Crippen LogP contribution in [0, 0.1) is 0 Å². The number of rotatable bonds is 5. The van der Waals surface area contributed by atoms with E-state index in [-0.39, 0.29) is 0 Å². The first kappa shape index (κ1) is 34.8. The van der Waals surface area contributed by atoms with Crippen LogP contribution in [0.5, 0.6) is 0 Å². The van der Waals surface area contributed by atoms with Gasteiger partial charge in [-0.25, -0.2) is 0 Å². The largest absolute Gasteiger partial charge is 0.0622 e. The van der Waals surface area contributed by atoms with Crippen molar-refractivity contribution in [3.63, 3.8) is 0 Å². The lowest BCUT2D eigenvalue weighted by Gasteiger charge is -2.20. The Kier molecular flexibility index (Phi) is 7.71. The lowest BCUT2D eigenvalue weighted by atomic mass is 9.83. The molecule has 13 aromatic rings. The molecular formula is C62H38. The molecule has 0 radical (unpaired) electrons. The van der Waals surface area contributed by atoms with E-state index in [0.29, 0.717) is 0 Å². The highest BCUT2D eigenvalue weighted by atomic mass is 14.2. The lowest BCUT2D eigenvalue weighted by Crippen LogP contribution is -1.93. The monoisotopic (exact) mass is 782 g/mol. The van der Waals surface area contributed by atoms with Crippen molar-refractivity contribution in [2.75, 3.05) is 0 Å². The normalized spacial score (nSPS) is 11.9. The molecule has 0 saturated carbocycles. The smallest absolute Gasteiger partial charge is 0.00206 e. The first-order valence-electron chi connectivity index (χ1n) is 21.6. The summed E-state index contributed by atoms with van der Waals surface area (Å²) in [6, 6.07) is 85.9. The Bertz CT molecular complexity index is 3840. The second-order valence-corrected chi connectivity index (χ2v) is 16.7. The summed E-state index contributed by atoms with van der Waals surface area (Å²) >= 11 is 0. The highest BCUT2D eigenvalue weighted by Gasteiger charge is 2.20. The molecule has 0 unspecified atom stereocenters. The summed E-state index contributed by atoms with van der Waals surface area (Å²) in [5.41, 5.74) is 12.3. The molecule has 0 N–H and O–H groups in total. The van der Waals surface area contributed by atoms with Crippen LogP contribution in [0.15, 0.2) is 231 Å². The van der Waals surface area contributed by atoms with Gasteiger partial charge < -0.3 is 0 Å². The Morgan fingerprint density at radius 3 is 1.37 bits per heavy atom. The van der Waals surface area contributed by atoms with Crippen molar-refractivity contribution in [1.29, 1.82) is 0 Å². The molecule has 0 aliphatic carbocycles. The SMILES string of the molecule is c1ccc(-c2c3ccccc3c(-c3cc(-c4cccc(-c5cc6ccccc6c6ccccc56)c4)cc(-c4ccc5ccc6cccc7ccc4c5c67)c3)c3ccccc23)cc1. The van der Waals surface area contributed by atoms with Gasteiger partial charge in [0.15, 0.2) is 0 Å². The van der Waals surface area contributed by atoms with Crippen LogP contribution in [0.25, 0.3) is 131 Å². The van der Waals surface area contributed by atoms with Gasteiger partial charge in [-0.3, -0.25) is 0 Å². The van der Waals surface area contributed by atoms with E-state index in [1.165, 1.54) is 131 Å². The van der Waals surface area contributed by atoms with Crippen LogP contribution < -0.4 is 0 Å². The van der Waals surface area contributed by atoms with Crippen LogP contribution in [-0.4, -0.2) is 0 Å². The minimum atomic E-state index is 1.19. The van der Waals surface area contributed by atoms with Crippen LogP contribution in [-0.2, 0) is 0 Å². The molecule has 0 aliphatic rings. The third kappa shape index (κ3) is 5.34. The molecule has 13 aromatic carbocycles.